The highest BCUT2D eigenvalue weighted by atomic mass is 32.2. The van der Waals surface area contributed by atoms with Crippen LogP contribution in [0.1, 0.15) is 43.2 Å². The summed E-state index contributed by atoms with van der Waals surface area (Å²) in [6, 6.07) is 10.7. The number of hydrogen-bond donors (Lipinski definition) is 1. The fraction of sp³-hybridized carbons (Fsp3) is 0.520. The van der Waals surface area contributed by atoms with Crippen molar-refractivity contribution in [3.63, 3.8) is 0 Å². The summed E-state index contributed by atoms with van der Waals surface area (Å²) in [5.41, 5.74) is 2.16. The van der Waals surface area contributed by atoms with E-state index >= 15 is 0 Å². The Kier molecular flexibility index (Phi) is 7.89. The molecule has 2 fully saturated rings. The molecular weight excluding hydrogens is 458 g/mol. The van der Waals surface area contributed by atoms with Crippen molar-refractivity contribution >= 4 is 27.5 Å². The Morgan fingerprint density at radius 3 is 2.48 bits per heavy atom. The summed E-state index contributed by atoms with van der Waals surface area (Å²) >= 11 is 1.64. The first-order valence-corrected chi connectivity index (χ1v) is 14.2. The van der Waals surface area contributed by atoms with Crippen LogP contribution in [0.15, 0.2) is 46.2 Å². The van der Waals surface area contributed by atoms with Crippen LogP contribution < -0.4 is 9.04 Å². The summed E-state index contributed by atoms with van der Waals surface area (Å²) in [4.78, 5) is 1.29. The number of aryl methyl sites for hydroxylation is 1. The topological polar surface area (TPSA) is 76.1 Å². The van der Waals surface area contributed by atoms with Crippen molar-refractivity contribution in [2.75, 3.05) is 30.4 Å². The molecule has 0 amide bonds. The normalized spacial score (nSPS) is 17.5. The summed E-state index contributed by atoms with van der Waals surface area (Å²) in [7, 11) is -3.80. The summed E-state index contributed by atoms with van der Waals surface area (Å²) in [5, 5.41) is 9.96. The fourth-order valence-corrected chi connectivity index (χ4v) is 6.68. The average molecular weight is 492 g/mol. The number of thioether (sulfide) groups is 1. The molecule has 1 aliphatic heterocycles. The Bertz CT molecular complexity index is 1060. The van der Waals surface area contributed by atoms with Crippen molar-refractivity contribution in [1.82, 2.24) is 0 Å². The Hall–Kier alpha value is -1.74. The van der Waals surface area contributed by atoms with Gasteiger partial charge in [0.2, 0.25) is 0 Å². The summed E-state index contributed by atoms with van der Waals surface area (Å²) in [6.07, 6.45) is 6.64. The Balaban J connectivity index is 1.62. The number of benzene rings is 2. The number of ether oxygens (including phenoxy) is 2. The van der Waals surface area contributed by atoms with E-state index in [0.717, 1.165) is 61.5 Å². The average Bonchev–Trinajstić information content (AvgIpc) is 2.80. The van der Waals surface area contributed by atoms with E-state index in [4.69, 9.17) is 9.47 Å². The molecule has 2 aromatic rings. The monoisotopic (exact) mass is 491 g/mol. The highest BCUT2D eigenvalue weighted by molar-refractivity contribution is 7.98. The molecule has 0 spiro atoms. The minimum atomic E-state index is -3.80. The van der Waals surface area contributed by atoms with E-state index in [1.54, 1.807) is 34.3 Å². The van der Waals surface area contributed by atoms with E-state index in [0.29, 0.717) is 23.8 Å². The lowest BCUT2D eigenvalue weighted by molar-refractivity contribution is 0.0494. The van der Waals surface area contributed by atoms with Gasteiger partial charge in [0.05, 0.1) is 23.8 Å². The molecule has 4 rings (SSSR count). The minimum absolute atomic E-state index is 0.0455. The third-order valence-electron chi connectivity index (χ3n) is 6.62. The molecule has 6 nitrogen and oxygen atoms in total. The Morgan fingerprint density at radius 2 is 1.88 bits per heavy atom. The van der Waals surface area contributed by atoms with Crippen LogP contribution in [-0.2, 0) is 21.4 Å². The number of aliphatic hydroxyl groups excluding tert-OH is 1. The number of sulfonamides is 1. The molecule has 2 aromatic carbocycles. The van der Waals surface area contributed by atoms with Gasteiger partial charge in [-0.3, -0.25) is 4.31 Å². The maximum Gasteiger partial charge on any atom is 0.264 e. The van der Waals surface area contributed by atoms with Crippen molar-refractivity contribution in [2.24, 2.45) is 5.92 Å². The van der Waals surface area contributed by atoms with Gasteiger partial charge in [0.15, 0.2) is 0 Å². The highest BCUT2D eigenvalue weighted by Gasteiger charge is 2.36. The maximum absolute atomic E-state index is 13.8. The number of hydrogen-bond acceptors (Lipinski definition) is 6. The van der Waals surface area contributed by atoms with Crippen molar-refractivity contribution in [3.8, 4) is 5.75 Å². The quantitative estimate of drug-likeness (QED) is 0.510. The minimum Gasteiger partial charge on any atom is -0.493 e. The van der Waals surface area contributed by atoms with Crippen molar-refractivity contribution in [1.29, 1.82) is 0 Å². The number of rotatable bonds is 9. The van der Waals surface area contributed by atoms with E-state index in [1.807, 2.05) is 31.4 Å². The van der Waals surface area contributed by atoms with Crippen molar-refractivity contribution in [3.05, 3.63) is 47.5 Å². The van der Waals surface area contributed by atoms with E-state index < -0.39 is 10.0 Å². The molecule has 0 bridgehead atoms. The molecular formula is C25H33NO5S2. The SMILES string of the molecule is CSc1ccc(N(C2CCC2)S(=O)(=O)c2ccc(OCC3CCOCC3)c(CO)c2)c(C)c1. The molecule has 8 heteroatoms. The standard InChI is InChI=1S/C25H33NO5S2/c1-18-14-22(32-2)6-8-24(18)26(21-4-3-5-21)33(28,29)23-7-9-25(20(15-23)16-27)31-17-19-10-12-30-13-11-19/h6-9,14-15,19,21,27H,3-5,10-13,16-17H2,1-2H3. The largest absolute Gasteiger partial charge is 0.493 e. The zero-order valence-corrected chi connectivity index (χ0v) is 21.0. The van der Waals surface area contributed by atoms with Crippen LogP contribution >= 0.6 is 11.8 Å². The third kappa shape index (κ3) is 5.34. The van der Waals surface area contributed by atoms with Crippen molar-refractivity contribution < 1.29 is 23.0 Å². The van der Waals surface area contributed by atoms with Crippen LogP contribution in [0.3, 0.4) is 0 Å². The molecule has 0 atom stereocenters. The third-order valence-corrected chi connectivity index (χ3v) is 9.21. The van der Waals surface area contributed by atoms with Crippen LogP contribution in [0.2, 0.25) is 0 Å². The van der Waals surface area contributed by atoms with Crippen LogP contribution in [0.4, 0.5) is 5.69 Å². The van der Waals surface area contributed by atoms with Gasteiger partial charge in [-0.25, -0.2) is 8.42 Å². The second-order valence-electron chi connectivity index (χ2n) is 8.83. The molecule has 0 unspecified atom stereocenters. The second kappa shape index (κ2) is 10.7. The molecule has 1 heterocycles. The zero-order valence-electron chi connectivity index (χ0n) is 19.3. The maximum atomic E-state index is 13.8. The summed E-state index contributed by atoms with van der Waals surface area (Å²) in [6.45, 7) is 3.70. The van der Waals surface area contributed by atoms with Gasteiger partial charge in [-0.2, -0.15) is 0 Å². The molecule has 1 aliphatic carbocycles. The van der Waals surface area contributed by atoms with Gasteiger partial charge in [0, 0.05) is 29.7 Å². The van der Waals surface area contributed by atoms with Gasteiger partial charge >= 0.3 is 0 Å². The predicted molar refractivity (Wildman–Crippen MR) is 132 cm³/mol. The highest BCUT2D eigenvalue weighted by Crippen LogP contribution is 2.38. The van der Waals surface area contributed by atoms with E-state index in [2.05, 4.69) is 0 Å². The first kappa shape index (κ1) is 24.4. The predicted octanol–water partition coefficient (Wildman–Crippen LogP) is 4.76. The van der Waals surface area contributed by atoms with Crippen molar-refractivity contribution in [2.45, 2.75) is 61.5 Å². The lowest BCUT2D eigenvalue weighted by Crippen LogP contribution is -2.44. The Labute approximate surface area is 201 Å². The van der Waals surface area contributed by atoms with Gasteiger partial charge in [-0.1, -0.05) is 0 Å². The molecule has 1 saturated heterocycles. The number of nitrogens with zero attached hydrogens (tertiary/aromatic N) is 1. The summed E-state index contributed by atoms with van der Waals surface area (Å²) in [5.74, 6) is 0.952. The smallest absolute Gasteiger partial charge is 0.264 e. The molecule has 0 aromatic heterocycles. The van der Waals surface area contributed by atoms with Gasteiger partial charge in [-0.15, -0.1) is 11.8 Å². The van der Waals surface area contributed by atoms with Crippen LogP contribution in [0.25, 0.3) is 0 Å². The molecule has 1 saturated carbocycles. The van der Waals surface area contributed by atoms with Gasteiger partial charge in [0.25, 0.3) is 10.0 Å². The van der Waals surface area contributed by atoms with Gasteiger partial charge < -0.3 is 14.6 Å². The lowest BCUT2D eigenvalue weighted by atomic mass is 9.92. The first-order chi connectivity index (χ1) is 15.9. The fourth-order valence-electron chi connectivity index (χ4n) is 4.36. The summed E-state index contributed by atoms with van der Waals surface area (Å²) < 4.78 is 40.7. The molecule has 1 N–H and O–H groups in total. The van der Waals surface area contributed by atoms with Gasteiger partial charge in [-0.05, 0) is 93.2 Å². The molecule has 33 heavy (non-hydrogen) atoms. The second-order valence-corrected chi connectivity index (χ2v) is 11.5. The zero-order chi connectivity index (χ0) is 23.4. The van der Waals surface area contributed by atoms with Gasteiger partial charge in [0.1, 0.15) is 5.75 Å². The number of anilines is 1. The van der Waals surface area contributed by atoms with E-state index in [-0.39, 0.29) is 17.5 Å². The van der Waals surface area contributed by atoms with Crippen LogP contribution in [-0.4, -0.2) is 45.6 Å². The first-order valence-electron chi connectivity index (χ1n) is 11.6. The molecule has 2 aliphatic rings. The van der Waals surface area contributed by atoms with E-state index in [9.17, 15) is 13.5 Å². The van der Waals surface area contributed by atoms with Crippen LogP contribution in [0.5, 0.6) is 5.75 Å². The molecule has 0 radical (unpaired) electrons. The van der Waals surface area contributed by atoms with E-state index in [1.165, 1.54) is 0 Å². The molecule has 180 valence electrons. The van der Waals surface area contributed by atoms with Crippen LogP contribution in [0, 0.1) is 12.8 Å². The Morgan fingerprint density at radius 1 is 1.12 bits per heavy atom. The lowest BCUT2D eigenvalue weighted by Gasteiger charge is -2.39. The number of aliphatic hydroxyl groups is 1.